The molecular weight excluding hydrogens is 456 g/mol. The first kappa shape index (κ1) is 25.3. The summed E-state index contributed by atoms with van der Waals surface area (Å²) >= 11 is 0. The second-order valence-corrected chi connectivity index (χ2v) is 9.50. The van der Waals surface area contributed by atoms with Crippen LogP contribution in [0.15, 0.2) is 52.2 Å². The quantitative estimate of drug-likeness (QED) is 0.467. The molecular formula is C23H30N6O4S. The zero-order valence-electron chi connectivity index (χ0n) is 19.9. The molecule has 1 aromatic heterocycles. The van der Waals surface area contributed by atoms with Gasteiger partial charge in [0.1, 0.15) is 12.1 Å². The molecule has 11 heteroatoms. The summed E-state index contributed by atoms with van der Waals surface area (Å²) in [5, 5.41) is 11.0. The van der Waals surface area contributed by atoms with Gasteiger partial charge in [0.2, 0.25) is 15.9 Å². The van der Waals surface area contributed by atoms with Crippen molar-refractivity contribution in [2.24, 2.45) is 0 Å². The van der Waals surface area contributed by atoms with Crippen LogP contribution in [0.25, 0.3) is 10.9 Å². The van der Waals surface area contributed by atoms with E-state index in [1.807, 2.05) is 18.7 Å². The van der Waals surface area contributed by atoms with Gasteiger partial charge in [0.15, 0.2) is 0 Å². The summed E-state index contributed by atoms with van der Waals surface area (Å²) in [6.07, 6.45) is 0. The number of nitrogens with one attached hydrogen (secondary N) is 1. The van der Waals surface area contributed by atoms with E-state index in [0.29, 0.717) is 48.5 Å². The molecule has 182 valence electrons. The van der Waals surface area contributed by atoms with Gasteiger partial charge in [-0.15, -0.1) is 5.10 Å². The molecule has 0 saturated carbocycles. The summed E-state index contributed by atoms with van der Waals surface area (Å²) in [6.45, 7) is 9.13. The number of amides is 1. The highest BCUT2D eigenvalue weighted by atomic mass is 32.2. The molecule has 0 atom stereocenters. The van der Waals surface area contributed by atoms with Crippen molar-refractivity contribution in [1.82, 2.24) is 19.3 Å². The topological polar surface area (TPSA) is 118 Å². The lowest BCUT2D eigenvalue weighted by Crippen LogP contribution is -2.32. The lowest BCUT2D eigenvalue weighted by atomic mass is 10.2. The number of hydrogen-bond acceptors (Lipinski definition) is 7. The highest BCUT2D eigenvalue weighted by molar-refractivity contribution is 7.89. The molecule has 1 amide bonds. The lowest BCUT2D eigenvalue weighted by molar-refractivity contribution is -0.117. The van der Waals surface area contributed by atoms with E-state index in [0.717, 1.165) is 4.68 Å². The fourth-order valence-electron chi connectivity index (χ4n) is 3.78. The normalized spacial score (nSPS) is 11.7. The Bertz CT molecular complexity index is 1330. The van der Waals surface area contributed by atoms with E-state index >= 15 is 0 Å². The predicted molar refractivity (Wildman–Crippen MR) is 133 cm³/mol. The van der Waals surface area contributed by atoms with Gasteiger partial charge in [0.25, 0.3) is 5.56 Å². The highest BCUT2D eigenvalue weighted by Gasteiger charge is 2.24. The molecule has 0 fully saturated rings. The molecule has 0 bridgehead atoms. The number of aromatic nitrogens is 3. The number of sulfonamides is 1. The standard InChI is InChI=1S/C23H30N6O4S/c1-5-27(6-2)21-14-13-17(34(32,33)28(7-3)8-4)15-20(21)24-22(30)16-29-23(31)18-11-9-10-12-19(18)25-26-29/h9-15H,5-8,16H2,1-4H3,(H,24,30). The van der Waals surface area contributed by atoms with Crippen molar-refractivity contribution in [1.29, 1.82) is 0 Å². The third kappa shape index (κ3) is 5.10. The van der Waals surface area contributed by atoms with Crippen molar-refractivity contribution >= 4 is 38.2 Å². The summed E-state index contributed by atoms with van der Waals surface area (Å²) in [6, 6.07) is 11.5. The van der Waals surface area contributed by atoms with Gasteiger partial charge >= 0.3 is 0 Å². The minimum absolute atomic E-state index is 0.0880. The SMILES string of the molecule is CCN(CC)c1ccc(S(=O)(=O)N(CC)CC)cc1NC(=O)Cn1nnc2ccccc2c1=O. The molecule has 0 radical (unpaired) electrons. The Morgan fingerprint density at radius 1 is 1.00 bits per heavy atom. The summed E-state index contributed by atoms with van der Waals surface area (Å²) in [5.74, 6) is -0.516. The number of benzene rings is 2. The molecule has 3 aromatic rings. The number of nitrogens with zero attached hydrogens (tertiary/aromatic N) is 5. The first-order chi connectivity index (χ1) is 16.3. The first-order valence-electron chi connectivity index (χ1n) is 11.3. The molecule has 1 heterocycles. The van der Waals surface area contributed by atoms with Gasteiger partial charge in [0.05, 0.1) is 21.7 Å². The highest BCUT2D eigenvalue weighted by Crippen LogP contribution is 2.30. The zero-order chi connectivity index (χ0) is 24.9. The minimum atomic E-state index is -3.72. The van der Waals surface area contributed by atoms with E-state index in [4.69, 9.17) is 0 Å². The van der Waals surface area contributed by atoms with Crippen molar-refractivity contribution in [2.75, 3.05) is 36.4 Å². The van der Waals surface area contributed by atoms with Crippen LogP contribution in [0.4, 0.5) is 11.4 Å². The van der Waals surface area contributed by atoms with E-state index in [1.54, 1.807) is 50.2 Å². The Hall–Kier alpha value is -3.31. The van der Waals surface area contributed by atoms with Crippen LogP contribution in [0, 0.1) is 0 Å². The molecule has 10 nitrogen and oxygen atoms in total. The lowest BCUT2D eigenvalue weighted by Gasteiger charge is -2.26. The van der Waals surface area contributed by atoms with Gasteiger partial charge in [-0.05, 0) is 44.2 Å². The molecule has 3 rings (SSSR count). The van der Waals surface area contributed by atoms with Gasteiger partial charge in [-0.2, -0.15) is 4.31 Å². The fourth-order valence-corrected chi connectivity index (χ4v) is 5.27. The Kier molecular flexibility index (Phi) is 8.00. The van der Waals surface area contributed by atoms with E-state index in [-0.39, 0.29) is 11.4 Å². The smallest absolute Gasteiger partial charge is 0.278 e. The average Bonchev–Trinajstić information content (AvgIpc) is 2.83. The van der Waals surface area contributed by atoms with Crippen LogP contribution in [0.1, 0.15) is 27.7 Å². The number of fused-ring (bicyclic) bond motifs is 1. The predicted octanol–water partition coefficient (Wildman–Crippen LogP) is 2.31. The summed E-state index contributed by atoms with van der Waals surface area (Å²) in [4.78, 5) is 27.7. The molecule has 0 aliphatic heterocycles. The van der Waals surface area contributed by atoms with E-state index < -0.39 is 21.5 Å². The summed E-state index contributed by atoms with van der Waals surface area (Å²) in [5.41, 5.74) is 1.06. The van der Waals surface area contributed by atoms with E-state index in [2.05, 4.69) is 15.6 Å². The minimum Gasteiger partial charge on any atom is -0.370 e. The monoisotopic (exact) mass is 486 g/mol. The molecule has 0 aliphatic rings. The summed E-state index contributed by atoms with van der Waals surface area (Å²) < 4.78 is 28.4. The summed E-state index contributed by atoms with van der Waals surface area (Å²) in [7, 11) is -3.72. The van der Waals surface area contributed by atoms with Crippen molar-refractivity contribution < 1.29 is 13.2 Å². The van der Waals surface area contributed by atoms with Gasteiger partial charge in [-0.1, -0.05) is 31.2 Å². The van der Waals surface area contributed by atoms with Crippen LogP contribution >= 0.6 is 0 Å². The van der Waals surface area contributed by atoms with Crippen molar-refractivity contribution in [3.63, 3.8) is 0 Å². The second kappa shape index (κ2) is 10.7. The molecule has 0 aliphatic carbocycles. The number of rotatable bonds is 10. The first-order valence-corrected chi connectivity index (χ1v) is 12.7. The Morgan fingerprint density at radius 2 is 1.68 bits per heavy atom. The molecule has 2 aromatic carbocycles. The Labute approximate surface area is 199 Å². The van der Waals surface area contributed by atoms with E-state index in [9.17, 15) is 18.0 Å². The maximum atomic E-state index is 13.0. The van der Waals surface area contributed by atoms with E-state index in [1.165, 1.54) is 10.4 Å². The van der Waals surface area contributed by atoms with Crippen LogP contribution in [-0.4, -0.2) is 59.8 Å². The molecule has 1 N–H and O–H groups in total. The number of carbonyl (C=O) groups excluding carboxylic acids is 1. The van der Waals surface area contributed by atoms with Crippen LogP contribution in [-0.2, 0) is 21.4 Å². The zero-order valence-corrected chi connectivity index (χ0v) is 20.7. The van der Waals surface area contributed by atoms with Crippen LogP contribution in [0.3, 0.4) is 0 Å². The van der Waals surface area contributed by atoms with Gasteiger partial charge < -0.3 is 10.2 Å². The van der Waals surface area contributed by atoms with Crippen LogP contribution in [0.2, 0.25) is 0 Å². The molecule has 0 saturated heterocycles. The van der Waals surface area contributed by atoms with Gasteiger partial charge in [-0.25, -0.2) is 13.1 Å². The molecule has 0 spiro atoms. The average molecular weight is 487 g/mol. The number of anilines is 2. The third-order valence-corrected chi connectivity index (χ3v) is 7.66. The van der Waals surface area contributed by atoms with Crippen molar-refractivity contribution in [2.45, 2.75) is 39.1 Å². The molecule has 0 unspecified atom stereocenters. The number of hydrogen-bond donors (Lipinski definition) is 1. The van der Waals surface area contributed by atoms with Gasteiger partial charge in [-0.3, -0.25) is 9.59 Å². The van der Waals surface area contributed by atoms with Crippen molar-refractivity contribution in [3.8, 4) is 0 Å². The molecule has 34 heavy (non-hydrogen) atoms. The third-order valence-electron chi connectivity index (χ3n) is 5.61. The number of carbonyl (C=O) groups is 1. The maximum absolute atomic E-state index is 13.0. The van der Waals surface area contributed by atoms with Crippen molar-refractivity contribution in [3.05, 3.63) is 52.8 Å². The second-order valence-electron chi connectivity index (χ2n) is 7.56. The largest absolute Gasteiger partial charge is 0.370 e. The van der Waals surface area contributed by atoms with Crippen LogP contribution in [0.5, 0.6) is 0 Å². The maximum Gasteiger partial charge on any atom is 0.278 e. The van der Waals surface area contributed by atoms with Crippen LogP contribution < -0.4 is 15.8 Å². The van der Waals surface area contributed by atoms with Gasteiger partial charge in [0, 0.05) is 26.2 Å². The fraction of sp³-hybridized carbons (Fsp3) is 0.391. The Balaban J connectivity index is 1.97. The Morgan fingerprint density at radius 3 is 2.32 bits per heavy atom.